The highest BCUT2D eigenvalue weighted by Crippen LogP contribution is 2.32. The van der Waals surface area contributed by atoms with Crippen LogP contribution in [-0.2, 0) is 6.42 Å². The summed E-state index contributed by atoms with van der Waals surface area (Å²) in [5.41, 5.74) is 2.61. The summed E-state index contributed by atoms with van der Waals surface area (Å²) in [6.07, 6.45) is 3.45. The second-order valence-corrected chi connectivity index (χ2v) is 3.57. The van der Waals surface area contributed by atoms with Gasteiger partial charge in [0.05, 0.1) is 6.10 Å². The Bertz CT molecular complexity index is 317. The third kappa shape index (κ3) is 1.40. The number of rotatable bonds is 1. The van der Waals surface area contributed by atoms with Gasteiger partial charge in [-0.05, 0) is 24.0 Å². The van der Waals surface area contributed by atoms with Crippen molar-refractivity contribution in [3.63, 3.8) is 0 Å². The number of fused-ring (bicyclic) bond motifs is 1. The lowest BCUT2D eigenvalue weighted by Gasteiger charge is -2.27. The van der Waals surface area contributed by atoms with Crippen LogP contribution in [0.1, 0.15) is 23.5 Å². The molecule has 1 aromatic rings. The Morgan fingerprint density at radius 2 is 2.15 bits per heavy atom. The highest BCUT2D eigenvalue weighted by atomic mass is 16.3. The van der Waals surface area contributed by atoms with Gasteiger partial charge in [-0.1, -0.05) is 30.3 Å². The Morgan fingerprint density at radius 1 is 1.38 bits per heavy atom. The molecule has 0 fully saturated rings. The van der Waals surface area contributed by atoms with Gasteiger partial charge < -0.3 is 5.11 Å². The third-order valence-corrected chi connectivity index (χ3v) is 2.79. The highest BCUT2D eigenvalue weighted by molar-refractivity contribution is 5.36. The SMILES string of the molecule is C=C[C@H]1c2ccccc2CCC1O. The maximum atomic E-state index is 9.74. The minimum absolute atomic E-state index is 0.130. The van der Waals surface area contributed by atoms with Crippen molar-refractivity contribution < 1.29 is 5.11 Å². The van der Waals surface area contributed by atoms with E-state index in [-0.39, 0.29) is 12.0 Å². The van der Waals surface area contributed by atoms with Crippen LogP contribution < -0.4 is 0 Å². The van der Waals surface area contributed by atoms with Gasteiger partial charge in [-0.25, -0.2) is 0 Å². The van der Waals surface area contributed by atoms with Crippen LogP contribution in [0.2, 0.25) is 0 Å². The van der Waals surface area contributed by atoms with Gasteiger partial charge in [-0.2, -0.15) is 0 Å². The van der Waals surface area contributed by atoms with Crippen molar-refractivity contribution in [3.8, 4) is 0 Å². The number of aryl methyl sites for hydroxylation is 1. The van der Waals surface area contributed by atoms with Gasteiger partial charge in [0.15, 0.2) is 0 Å². The topological polar surface area (TPSA) is 20.2 Å². The summed E-state index contributed by atoms with van der Waals surface area (Å²) in [5.74, 6) is 0.130. The molecule has 1 nitrogen and oxygen atoms in total. The predicted octanol–water partition coefficient (Wildman–Crippen LogP) is 2.26. The molecule has 1 unspecified atom stereocenters. The van der Waals surface area contributed by atoms with E-state index in [2.05, 4.69) is 24.8 Å². The lowest BCUT2D eigenvalue weighted by molar-refractivity contribution is 0.142. The quantitative estimate of drug-likeness (QED) is 0.647. The van der Waals surface area contributed by atoms with Crippen LogP contribution in [0, 0.1) is 0 Å². The molecule has 1 aliphatic carbocycles. The van der Waals surface area contributed by atoms with Crippen molar-refractivity contribution >= 4 is 0 Å². The minimum Gasteiger partial charge on any atom is -0.392 e. The first kappa shape index (κ1) is 8.52. The molecule has 1 N–H and O–H groups in total. The maximum absolute atomic E-state index is 9.74. The van der Waals surface area contributed by atoms with Crippen molar-refractivity contribution in [1.82, 2.24) is 0 Å². The Labute approximate surface area is 78.7 Å². The van der Waals surface area contributed by atoms with E-state index in [1.165, 1.54) is 11.1 Å². The molecular formula is C12H14O. The van der Waals surface area contributed by atoms with Gasteiger partial charge in [-0.15, -0.1) is 6.58 Å². The minimum atomic E-state index is -0.243. The van der Waals surface area contributed by atoms with Gasteiger partial charge in [0.25, 0.3) is 0 Å². The fraction of sp³-hybridized carbons (Fsp3) is 0.333. The average molecular weight is 174 g/mol. The Hall–Kier alpha value is -1.08. The molecule has 0 saturated heterocycles. The van der Waals surface area contributed by atoms with E-state index >= 15 is 0 Å². The monoisotopic (exact) mass is 174 g/mol. The van der Waals surface area contributed by atoms with Crippen LogP contribution in [0.15, 0.2) is 36.9 Å². The first-order valence-electron chi connectivity index (χ1n) is 4.71. The molecule has 13 heavy (non-hydrogen) atoms. The fourth-order valence-corrected chi connectivity index (χ4v) is 2.06. The number of hydrogen-bond acceptors (Lipinski definition) is 1. The molecule has 1 heteroatoms. The van der Waals surface area contributed by atoms with Crippen molar-refractivity contribution in [3.05, 3.63) is 48.0 Å². The highest BCUT2D eigenvalue weighted by Gasteiger charge is 2.24. The third-order valence-electron chi connectivity index (χ3n) is 2.79. The van der Waals surface area contributed by atoms with E-state index in [1.807, 2.05) is 12.1 Å². The number of aliphatic hydroxyl groups excluding tert-OH is 1. The molecular weight excluding hydrogens is 160 g/mol. The van der Waals surface area contributed by atoms with Gasteiger partial charge in [-0.3, -0.25) is 0 Å². The van der Waals surface area contributed by atoms with E-state index in [4.69, 9.17) is 0 Å². The summed E-state index contributed by atoms with van der Waals surface area (Å²) in [6, 6.07) is 8.30. The van der Waals surface area contributed by atoms with Crippen LogP contribution in [0.5, 0.6) is 0 Å². The van der Waals surface area contributed by atoms with Crippen LogP contribution in [0.4, 0.5) is 0 Å². The van der Waals surface area contributed by atoms with E-state index < -0.39 is 0 Å². The Morgan fingerprint density at radius 3 is 2.92 bits per heavy atom. The van der Waals surface area contributed by atoms with Crippen molar-refractivity contribution in [1.29, 1.82) is 0 Å². The second kappa shape index (κ2) is 3.35. The normalized spacial score (nSPS) is 26.5. The van der Waals surface area contributed by atoms with Crippen molar-refractivity contribution in [2.45, 2.75) is 24.9 Å². The average Bonchev–Trinajstić information content (AvgIpc) is 2.18. The van der Waals surface area contributed by atoms with Gasteiger partial charge >= 0.3 is 0 Å². The van der Waals surface area contributed by atoms with Gasteiger partial charge in [0, 0.05) is 5.92 Å². The maximum Gasteiger partial charge on any atom is 0.0646 e. The first-order chi connectivity index (χ1) is 6.33. The lowest BCUT2D eigenvalue weighted by Crippen LogP contribution is -2.23. The summed E-state index contributed by atoms with van der Waals surface area (Å²) in [4.78, 5) is 0. The first-order valence-corrected chi connectivity index (χ1v) is 4.71. The predicted molar refractivity (Wildman–Crippen MR) is 53.7 cm³/mol. The summed E-state index contributed by atoms with van der Waals surface area (Å²) < 4.78 is 0. The van der Waals surface area contributed by atoms with E-state index in [1.54, 1.807) is 0 Å². The molecule has 0 saturated carbocycles. The van der Waals surface area contributed by atoms with E-state index in [0.29, 0.717) is 0 Å². The van der Waals surface area contributed by atoms with Crippen LogP contribution in [0.3, 0.4) is 0 Å². The zero-order valence-corrected chi connectivity index (χ0v) is 7.61. The zero-order valence-electron chi connectivity index (χ0n) is 7.61. The molecule has 0 aliphatic heterocycles. The molecule has 0 amide bonds. The van der Waals surface area contributed by atoms with Crippen molar-refractivity contribution in [2.75, 3.05) is 0 Å². The van der Waals surface area contributed by atoms with Gasteiger partial charge in [0.1, 0.15) is 0 Å². The zero-order chi connectivity index (χ0) is 9.26. The summed E-state index contributed by atoms with van der Waals surface area (Å²) in [5, 5.41) is 9.74. The van der Waals surface area contributed by atoms with Crippen LogP contribution >= 0.6 is 0 Å². The molecule has 2 atom stereocenters. The lowest BCUT2D eigenvalue weighted by atomic mass is 9.81. The van der Waals surface area contributed by atoms with Gasteiger partial charge in [0.2, 0.25) is 0 Å². The molecule has 2 rings (SSSR count). The summed E-state index contributed by atoms with van der Waals surface area (Å²) in [6.45, 7) is 3.77. The summed E-state index contributed by atoms with van der Waals surface area (Å²) >= 11 is 0. The molecule has 0 bridgehead atoms. The standard InChI is InChI=1S/C12H14O/c1-2-10-11-6-4-3-5-9(11)7-8-12(10)13/h2-6,10,12-13H,1,7-8H2/t10-,12?/m0/s1. The molecule has 68 valence electrons. The number of benzene rings is 1. The van der Waals surface area contributed by atoms with Crippen molar-refractivity contribution in [2.24, 2.45) is 0 Å². The fourth-order valence-electron chi connectivity index (χ4n) is 2.06. The Kier molecular flexibility index (Phi) is 2.19. The molecule has 0 radical (unpaired) electrons. The van der Waals surface area contributed by atoms with Crippen LogP contribution in [0.25, 0.3) is 0 Å². The molecule has 0 heterocycles. The van der Waals surface area contributed by atoms with E-state index in [9.17, 15) is 5.11 Å². The number of hydrogen-bond donors (Lipinski definition) is 1. The Balaban J connectivity index is 2.45. The van der Waals surface area contributed by atoms with Crippen LogP contribution in [-0.4, -0.2) is 11.2 Å². The summed E-state index contributed by atoms with van der Waals surface area (Å²) in [7, 11) is 0. The largest absolute Gasteiger partial charge is 0.392 e. The number of aliphatic hydroxyl groups is 1. The second-order valence-electron chi connectivity index (χ2n) is 3.57. The molecule has 0 spiro atoms. The van der Waals surface area contributed by atoms with E-state index in [0.717, 1.165) is 12.8 Å². The molecule has 1 aromatic carbocycles. The molecule has 0 aromatic heterocycles. The smallest absolute Gasteiger partial charge is 0.0646 e. The molecule has 1 aliphatic rings.